The fourth-order valence-corrected chi connectivity index (χ4v) is 9.07. The van der Waals surface area contributed by atoms with Crippen LogP contribution in [0.25, 0.3) is 0 Å². The van der Waals surface area contributed by atoms with Crippen molar-refractivity contribution in [1.82, 2.24) is 0 Å². The lowest BCUT2D eigenvalue weighted by molar-refractivity contribution is -0.870. The molecule has 93 heavy (non-hydrogen) atoms. The Balaban J connectivity index is 4.25. The summed E-state index contributed by atoms with van der Waals surface area (Å²) in [7, 11) is 5.90. The van der Waals surface area contributed by atoms with E-state index in [9.17, 15) is 19.5 Å². The van der Waals surface area contributed by atoms with E-state index in [-0.39, 0.29) is 38.6 Å². The molecule has 0 heterocycles. The summed E-state index contributed by atoms with van der Waals surface area (Å²) in [6.07, 6.45) is 109. The molecular weight excluding hydrogens is 1150 g/mol. The normalized spacial score (nSPS) is 13.9. The van der Waals surface area contributed by atoms with Gasteiger partial charge in [0, 0.05) is 12.8 Å². The minimum absolute atomic E-state index is 0.130. The second-order valence-corrected chi connectivity index (χ2v) is 24.4. The Morgan fingerprint density at radius 1 is 0.323 bits per heavy atom. The zero-order valence-corrected chi connectivity index (χ0v) is 59.3. The Morgan fingerprint density at radius 2 is 0.581 bits per heavy atom. The molecule has 0 aromatic carbocycles. The van der Waals surface area contributed by atoms with Crippen LogP contribution in [0, 0.1) is 0 Å². The van der Waals surface area contributed by atoms with Gasteiger partial charge >= 0.3 is 11.9 Å². The SMILES string of the molecule is CC/C=C\C/C=C\C/C=C\C/C=C\C/C=C\C/C=C\C/C=C\C/C=C\C/C=C\C/C=C\CCCCCCC(=O)OC(COC(=O)CCCCCCCCCCCCC/C=C\C/C=C\C/C=C\C/C=C\C/C=C\C/C=C\C/C=C\CC)COC(OCC[N+](C)(C)C)C(=O)[O-]. The molecule has 0 saturated heterocycles. The number of nitrogens with zero attached hydrogens (tertiary/aromatic N) is 1. The number of rotatable bonds is 64. The van der Waals surface area contributed by atoms with Crippen LogP contribution in [0.2, 0.25) is 0 Å². The Bertz CT molecular complexity index is 2280. The summed E-state index contributed by atoms with van der Waals surface area (Å²) in [6, 6.07) is 0. The smallest absolute Gasteiger partial charge is 0.306 e. The number of carbonyl (C=O) groups is 3. The molecule has 0 spiro atoms. The summed E-state index contributed by atoms with van der Waals surface area (Å²) in [5, 5.41) is 11.8. The number of aliphatic carboxylic acids is 1. The number of allylic oxidation sites excluding steroid dienone is 34. The predicted octanol–water partition coefficient (Wildman–Crippen LogP) is 21.8. The molecule has 0 aromatic rings. The van der Waals surface area contributed by atoms with Crippen LogP contribution in [0.3, 0.4) is 0 Å². The summed E-state index contributed by atoms with van der Waals surface area (Å²) < 4.78 is 22.8. The molecule has 0 saturated carbocycles. The van der Waals surface area contributed by atoms with E-state index in [2.05, 4.69) is 220 Å². The van der Waals surface area contributed by atoms with Gasteiger partial charge in [-0.3, -0.25) is 9.59 Å². The average Bonchev–Trinajstić information content (AvgIpc) is 3.74. The number of quaternary nitrogens is 1. The molecular formula is C84H131NO8. The molecule has 520 valence electrons. The lowest BCUT2D eigenvalue weighted by Crippen LogP contribution is -2.44. The zero-order valence-electron chi connectivity index (χ0n) is 59.3. The van der Waals surface area contributed by atoms with Gasteiger partial charge in [0.25, 0.3) is 0 Å². The number of carbonyl (C=O) groups excluding carboxylic acids is 3. The quantitative estimate of drug-likeness (QED) is 0.0195. The third-order valence-electron chi connectivity index (χ3n) is 14.5. The molecule has 0 aliphatic rings. The van der Waals surface area contributed by atoms with Crippen molar-refractivity contribution >= 4 is 17.9 Å². The van der Waals surface area contributed by atoms with Crippen LogP contribution in [0.15, 0.2) is 207 Å². The number of esters is 2. The van der Waals surface area contributed by atoms with E-state index >= 15 is 0 Å². The van der Waals surface area contributed by atoms with Crippen molar-refractivity contribution in [3.63, 3.8) is 0 Å². The van der Waals surface area contributed by atoms with Crippen molar-refractivity contribution in [2.24, 2.45) is 0 Å². The monoisotopic (exact) mass is 1280 g/mol. The molecule has 0 aromatic heterocycles. The van der Waals surface area contributed by atoms with E-state index in [0.29, 0.717) is 17.4 Å². The van der Waals surface area contributed by atoms with E-state index in [4.69, 9.17) is 18.9 Å². The predicted molar refractivity (Wildman–Crippen MR) is 397 cm³/mol. The number of likely N-dealkylation sites (N-methyl/N-ethyl adjacent to an activating group) is 1. The highest BCUT2D eigenvalue weighted by Gasteiger charge is 2.22. The largest absolute Gasteiger partial charge is 0.545 e. The van der Waals surface area contributed by atoms with Gasteiger partial charge in [-0.05, 0) is 148 Å². The molecule has 9 heteroatoms. The molecule has 0 bridgehead atoms. The number of carboxylic acid groups (broad SMARTS) is 1. The highest BCUT2D eigenvalue weighted by atomic mass is 16.7. The standard InChI is InChI=1S/C84H131NO8/c1-6-8-10-12-14-16-18-20-22-24-26-28-30-32-34-36-38-40-41-43-45-47-49-51-53-55-57-59-61-63-65-67-69-71-73-75-82(87)93-80(79-92-84(83(88)89)90-77-76-85(3,4)5)78-91-81(86)74-72-70-68-66-64-62-60-58-56-54-52-50-48-46-44-42-39-37-35-33-31-29-27-25-23-21-19-17-15-13-11-9-7-2/h8-11,14-17,20-23,26-29,32-35,38-40,42-43,45-46,48-49,51,55,57,61,63,80,84H,6-7,12-13,18-19,24-25,30-31,36-37,41,44,47,50,52-54,56,58-60,62,64-79H2,1-5H3/b10-8-,11-9-,16-14-,17-15-,22-20-,23-21-,28-26-,29-27-,34-32-,35-33-,40-38-,42-39-,45-43-,48-46-,51-49-,57-55-,63-61-. The highest BCUT2D eigenvalue weighted by molar-refractivity contribution is 5.70. The Labute approximate surface area is 569 Å². The molecule has 0 amide bonds. The molecule has 2 atom stereocenters. The van der Waals surface area contributed by atoms with Gasteiger partial charge in [-0.15, -0.1) is 0 Å². The van der Waals surface area contributed by atoms with Gasteiger partial charge in [-0.1, -0.05) is 291 Å². The lowest BCUT2D eigenvalue weighted by atomic mass is 10.0. The first-order valence-corrected chi connectivity index (χ1v) is 36.2. The minimum Gasteiger partial charge on any atom is -0.545 e. The highest BCUT2D eigenvalue weighted by Crippen LogP contribution is 2.15. The summed E-state index contributed by atoms with van der Waals surface area (Å²) in [6.45, 7) is 4.46. The third-order valence-corrected chi connectivity index (χ3v) is 14.5. The van der Waals surface area contributed by atoms with Crippen molar-refractivity contribution in [3.8, 4) is 0 Å². The Kier molecular flexibility index (Phi) is 67.0. The lowest BCUT2D eigenvalue weighted by Gasteiger charge is -2.26. The first-order chi connectivity index (χ1) is 45.6. The van der Waals surface area contributed by atoms with Gasteiger partial charge in [0.05, 0.1) is 40.3 Å². The first-order valence-electron chi connectivity index (χ1n) is 36.2. The van der Waals surface area contributed by atoms with Crippen LogP contribution in [-0.2, 0) is 33.3 Å². The number of hydrogen-bond acceptors (Lipinski definition) is 8. The summed E-state index contributed by atoms with van der Waals surface area (Å²) in [4.78, 5) is 37.5. The summed E-state index contributed by atoms with van der Waals surface area (Å²) in [5.41, 5.74) is 0. The van der Waals surface area contributed by atoms with Crippen LogP contribution in [-0.4, -0.2) is 82.3 Å². The van der Waals surface area contributed by atoms with Crippen molar-refractivity contribution in [2.75, 3.05) is 47.5 Å². The van der Waals surface area contributed by atoms with Gasteiger partial charge in [0.2, 0.25) is 0 Å². The third kappa shape index (κ3) is 73.1. The summed E-state index contributed by atoms with van der Waals surface area (Å²) >= 11 is 0. The van der Waals surface area contributed by atoms with Gasteiger partial charge in [0.15, 0.2) is 12.4 Å². The van der Waals surface area contributed by atoms with Crippen molar-refractivity contribution < 1.29 is 42.9 Å². The van der Waals surface area contributed by atoms with Crippen molar-refractivity contribution in [1.29, 1.82) is 0 Å². The number of unbranched alkanes of at least 4 members (excludes halogenated alkanes) is 15. The van der Waals surface area contributed by atoms with Crippen LogP contribution in [0.4, 0.5) is 0 Å². The maximum absolute atomic E-state index is 12.9. The van der Waals surface area contributed by atoms with Crippen molar-refractivity contribution in [3.05, 3.63) is 207 Å². The molecule has 0 aliphatic heterocycles. The topological polar surface area (TPSA) is 111 Å². The van der Waals surface area contributed by atoms with Gasteiger partial charge in [0.1, 0.15) is 13.2 Å². The van der Waals surface area contributed by atoms with Gasteiger partial charge in [-0.2, -0.15) is 0 Å². The van der Waals surface area contributed by atoms with Crippen LogP contribution < -0.4 is 5.11 Å². The first kappa shape index (κ1) is 86.9. The summed E-state index contributed by atoms with van der Waals surface area (Å²) in [5.74, 6) is -2.34. The molecule has 0 rings (SSSR count). The van der Waals surface area contributed by atoms with Crippen molar-refractivity contribution in [2.45, 2.75) is 257 Å². The zero-order chi connectivity index (χ0) is 67.5. The Morgan fingerprint density at radius 3 is 0.860 bits per heavy atom. The maximum Gasteiger partial charge on any atom is 0.306 e. The molecule has 2 unspecified atom stereocenters. The van der Waals surface area contributed by atoms with Crippen LogP contribution in [0.1, 0.15) is 245 Å². The maximum atomic E-state index is 12.9. The number of carboxylic acids is 1. The molecule has 0 aliphatic carbocycles. The van der Waals surface area contributed by atoms with E-state index in [1.54, 1.807) is 0 Å². The number of ether oxygens (including phenoxy) is 4. The fraction of sp³-hybridized carbons (Fsp3) is 0.560. The molecule has 0 N–H and O–H groups in total. The van der Waals surface area contributed by atoms with E-state index < -0.39 is 24.3 Å². The molecule has 0 radical (unpaired) electrons. The second-order valence-electron chi connectivity index (χ2n) is 24.4. The number of hydrogen-bond donors (Lipinski definition) is 0. The fourth-order valence-electron chi connectivity index (χ4n) is 9.07. The van der Waals surface area contributed by atoms with Gasteiger partial charge in [-0.25, -0.2) is 0 Å². The van der Waals surface area contributed by atoms with E-state index in [1.165, 1.54) is 44.9 Å². The van der Waals surface area contributed by atoms with E-state index in [1.807, 2.05) is 21.1 Å². The van der Waals surface area contributed by atoms with E-state index in [0.717, 1.165) is 167 Å². The minimum atomic E-state index is -1.64. The Hall–Kier alpha value is -6.13. The van der Waals surface area contributed by atoms with Gasteiger partial charge < -0.3 is 33.3 Å². The molecule has 9 nitrogen and oxygen atoms in total. The van der Waals surface area contributed by atoms with Crippen LogP contribution in [0.5, 0.6) is 0 Å². The second kappa shape index (κ2) is 71.7. The molecule has 0 fully saturated rings. The average molecular weight is 1280 g/mol. The van der Waals surface area contributed by atoms with Crippen LogP contribution >= 0.6 is 0 Å².